The monoisotopic (exact) mass is 522 g/mol. The van der Waals surface area contributed by atoms with Gasteiger partial charge in [-0.15, -0.1) is 0 Å². The Kier molecular flexibility index (Phi) is 10.4. The summed E-state index contributed by atoms with van der Waals surface area (Å²) in [5.41, 5.74) is 2.64. The van der Waals surface area contributed by atoms with Crippen molar-refractivity contribution < 1.29 is 19.1 Å². The van der Waals surface area contributed by atoms with Crippen LogP contribution in [-0.2, 0) is 29.0 Å². The average molecular weight is 523 g/mol. The number of hydrogen-bond donors (Lipinski definition) is 1. The molecule has 7 heteroatoms. The van der Waals surface area contributed by atoms with Crippen LogP contribution in [0.1, 0.15) is 30.5 Å². The molecule has 0 saturated carbocycles. The summed E-state index contributed by atoms with van der Waals surface area (Å²) in [5, 5.41) is 3.65. The number of benzene rings is 3. The number of hydrogen-bond acceptors (Lipinski definition) is 4. The molecule has 0 radical (unpaired) electrons. The predicted octanol–water partition coefficient (Wildman–Crippen LogP) is 5.31. The van der Waals surface area contributed by atoms with Crippen LogP contribution < -0.4 is 14.8 Å². The predicted molar refractivity (Wildman–Crippen MR) is 147 cm³/mol. The van der Waals surface area contributed by atoms with Gasteiger partial charge in [0.05, 0.1) is 20.6 Å². The average Bonchev–Trinajstić information content (AvgIpc) is 2.90. The van der Waals surface area contributed by atoms with E-state index < -0.39 is 6.04 Å². The van der Waals surface area contributed by atoms with Crippen molar-refractivity contribution in [3.05, 3.63) is 94.5 Å². The van der Waals surface area contributed by atoms with Crippen LogP contribution in [0, 0.1) is 5.92 Å². The Morgan fingerprint density at radius 1 is 0.865 bits per heavy atom. The quantitative estimate of drug-likeness (QED) is 0.350. The fourth-order valence-corrected chi connectivity index (χ4v) is 4.16. The lowest BCUT2D eigenvalue weighted by atomic mass is 10.0. The molecule has 0 aliphatic heterocycles. The van der Waals surface area contributed by atoms with Gasteiger partial charge in [0.2, 0.25) is 11.8 Å². The third kappa shape index (κ3) is 8.25. The Bertz CT molecular complexity index is 1170. The van der Waals surface area contributed by atoms with Crippen LogP contribution in [0.25, 0.3) is 0 Å². The molecule has 3 aromatic rings. The molecule has 0 spiro atoms. The first-order chi connectivity index (χ1) is 17.8. The zero-order valence-corrected chi connectivity index (χ0v) is 22.6. The minimum Gasteiger partial charge on any atom is -0.493 e. The molecule has 0 bridgehead atoms. The summed E-state index contributed by atoms with van der Waals surface area (Å²) in [6.45, 7) is 4.89. The fourth-order valence-electron chi connectivity index (χ4n) is 4.03. The highest BCUT2D eigenvalue weighted by Gasteiger charge is 2.30. The van der Waals surface area contributed by atoms with E-state index in [-0.39, 0.29) is 30.7 Å². The van der Waals surface area contributed by atoms with Crippen molar-refractivity contribution in [1.29, 1.82) is 0 Å². The normalized spacial score (nSPS) is 11.6. The molecule has 0 aliphatic rings. The molecule has 1 unspecified atom stereocenters. The number of ether oxygens (including phenoxy) is 2. The first-order valence-corrected chi connectivity index (χ1v) is 12.7. The fraction of sp³-hybridized carbons (Fsp3) is 0.333. The molecular weight excluding hydrogens is 488 g/mol. The van der Waals surface area contributed by atoms with Crippen LogP contribution in [0.3, 0.4) is 0 Å². The molecule has 3 rings (SSSR count). The summed E-state index contributed by atoms with van der Waals surface area (Å²) in [6.07, 6.45) is 0.507. The third-order valence-corrected chi connectivity index (χ3v) is 6.28. The van der Waals surface area contributed by atoms with E-state index in [9.17, 15) is 9.59 Å². The summed E-state index contributed by atoms with van der Waals surface area (Å²) in [4.78, 5) is 29.0. The summed E-state index contributed by atoms with van der Waals surface area (Å²) >= 11 is 6.10. The Labute approximate surface area is 224 Å². The van der Waals surface area contributed by atoms with Crippen LogP contribution in [0.15, 0.2) is 72.8 Å². The number of rotatable bonds is 12. The molecular formula is C30H35ClN2O4. The van der Waals surface area contributed by atoms with Crippen LogP contribution in [-0.4, -0.2) is 43.5 Å². The molecule has 1 atom stereocenters. The van der Waals surface area contributed by atoms with Crippen molar-refractivity contribution >= 4 is 23.4 Å². The van der Waals surface area contributed by atoms with E-state index in [0.29, 0.717) is 29.5 Å². The van der Waals surface area contributed by atoms with Gasteiger partial charge in [-0.25, -0.2) is 0 Å². The standard InChI is InChI=1S/C30H35ClN2O4/c1-21(2)19-32-30(35)26(16-22-8-6-5-7-9-22)33(20-23-10-13-25(31)14-11-23)29(34)18-24-12-15-27(36-3)28(17-24)37-4/h5-15,17,21,26H,16,18-20H2,1-4H3,(H,32,35). The van der Waals surface area contributed by atoms with Gasteiger partial charge < -0.3 is 19.7 Å². The van der Waals surface area contributed by atoms with Gasteiger partial charge in [0, 0.05) is 24.5 Å². The Balaban J connectivity index is 1.96. The molecule has 0 aliphatic carbocycles. The highest BCUT2D eigenvalue weighted by atomic mass is 35.5. The largest absolute Gasteiger partial charge is 0.493 e. The van der Waals surface area contributed by atoms with E-state index in [1.165, 1.54) is 0 Å². The molecule has 0 heterocycles. The van der Waals surface area contributed by atoms with Crippen molar-refractivity contribution in [2.45, 2.75) is 39.3 Å². The molecule has 3 aromatic carbocycles. The van der Waals surface area contributed by atoms with Gasteiger partial charge in [0.15, 0.2) is 11.5 Å². The molecule has 6 nitrogen and oxygen atoms in total. The van der Waals surface area contributed by atoms with Gasteiger partial charge in [0.1, 0.15) is 6.04 Å². The van der Waals surface area contributed by atoms with Gasteiger partial charge >= 0.3 is 0 Å². The molecule has 37 heavy (non-hydrogen) atoms. The molecule has 196 valence electrons. The zero-order valence-electron chi connectivity index (χ0n) is 21.9. The second kappa shape index (κ2) is 13.7. The van der Waals surface area contributed by atoms with Gasteiger partial charge in [0.25, 0.3) is 0 Å². The first kappa shape index (κ1) is 28.1. The second-order valence-corrected chi connectivity index (χ2v) is 9.80. The molecule has 0 aromatic heterocycles. The van der Waals surface area contributed by atoms with Crippen LogP contribution >= 0.6 is 11.6 Å². The maximum absolute atomic E-state index is 13.9. The Morgan fingerprint density at radius 2 is 1.51 bits per heavy atom. The van der Waals surface area contributed by atoms with Crippen molar-refractivity contribution in [1.82, 2.24) is 10.2 Å². The molecule has 0 fully saturated rings. The summed E-state index contributed by atoms with van der Waals surface area (Å²) in [6, 6.07) is 21.8. The Hall–Kier alpha value is -3.51. The first-order valence-electron chi connectivity index (χ1n) is 12.4. The molecule has 1 N–H and O–H groups in total. The van der Waals surface area contributed by atoms with E-state index in [1.807, 2.05) is 62.4 Å². The maximum atomic E-state index is 13.9. The number of carbonyl (C=O) groups is 2. The van der Waals surface area contributed by atoms with Gasteiger partial charge in [-0.1, -0.05) is 74.0 Å². The number of nitrogens with zero attached hydrogens (tertiary/aromatic N) is 1. The second-order valence-electron chi connectivity index (χ2n) is 9.36. The third-order valence-electron chi connectivity index (χ3n) is 6.03. The number of methoxy groups -OCH3 is 2. The lowest BCUT2D eigenvalue weighted by Gasteiger charge is -2.32. The van der Waals surface area contributed by atoms with E-state index in [4.69, 9.17) is 21.1 Å². The maximum Gasteiger partial charge on any atom is 0.243 e. The topological polar surface area (TPSA) is 67.9 Å². The Morgan fingerprint density at radius 3 is 2.14 bits per heavy atom. The highest BCUT2D eigenvalue weighted by molar-refractivity contribution is 6.30. The number of carbonyl (C=O) groups excluding carboxylic acids is 2. The summed E-state index contributed by atoms with van der Waals surface area (Å²) < 4.78 is 10.7. The van der Waals surface area contributed by atoms with Gasteiger partial charge in [-0.2, -0.15) is 0 Å². The lowest BCUT2D eigenvalue weighted by Crippen LogP contribution is -2.51. The lowest BCUT2D eigenvalue weighted by molar-refractivity contribution is -0.140. The minimum atomic E-state index is -0.690. The number of nitrogens with one attached hydrogen (secondary N) is 1. The van der Waals surface area contributed by atoms with Crippen molar-refractivity contribution in [3.63, 3.8) is 0 Å². The highest BCUT2D eigenvalue weighted by Crippen LogP contribution is 2.28. The van der Waals surface area contributed by atoms with Crippen LogP contribution in [0.5, 0.6) is 11.5 Å². The number of amides is 2. The van der Waals surface area contributed by atoms with Crippen molar-refractivity contribution in [2.75, 3.05) is 20.8 Å². The summed E-state index contributed by atoms with van der Waals surface area (Å²) in [5.74, 6) is 1.09. The van der Waals surface area contributed by atoms with Gasteiger partial charge in [-0.3, -0.25) is 9.59 Å². The van der Waals surface area contributed by atoms with Crippen molar-refractivity contribution in [3.8, 4) is 11.5 Å². The molecule has 2 amide bonds. The number of halogens is 1. The van der Waals surface area contributed by atoms with E-state index in [2.05, 4.69) is 5.32 Å². The summed E-state index contributed by atoms with van der Waals surface area (Å²) in [7, 11) is 3.13. The molecule has 0 saturated heterocycles. The van der Waals surface area contributed by atoms with E-state index in [1.54, 1.807) is 43.4 Å². The van der Waals surface area contributed by atoms with Crippen LogP contribution in [0.2, 0.25) is 5.02 Å². The van der Waals surface area contributed by atoms with Crippen molar-refractivity contribution in [2.24, 2.45) is 5.92 Å². The SMILES string of the molecule is COc1ccc(CC(=O)N(Cc2ccc(Cl)cc2)C(Cc2ccccc2)C(=O)NCC(C)C)cc1OC. The van der Waals surface area contributed by atoms with E-state index in [0.717, 1.165) is 16.7 Å². The van der Waals surface area contributed by atoms with E-state index >= 15 is 0 Å². The minimum absolute atomic E-state index is 0.108. The van der Waals surface area contributed by atoms with Crippen LogP contribution in [0.4, 0.5) is 0 Å². The smallest absolute Gasteiger partial charge is 0.243 e. The zero-order chi connectivity index (χ0) is 26.8. The van der Waals surface area contributed by atoms with Gasteiger partial charge in [-0.05, 0) is 46.9 Å².